The zero-order valence-electron chi connectivity index (χ0n) is 16.4. The van der Waals surface area contributed by atoms with Gasteiger partial charge in [-0.15, -0.1) is 0 Å². The number of amidine groups is 1. The van der Waals surface area contributed by atoms with E-state index >= 15 is 0 Å². The predicted octanol–water partition coefficient (Wildman–Crippen LogP) is 4.50. The van der Waals surface area contributed by atoms with Crippen LogP contribution in [0.3, 0.4) is 0 Å². The first kappa shape index (κ1) is 16.7. The van der Waals surface area contributed by atoms with Crippen LogP contribution in [0.5, 0.6) is 0 Å². The van der Waals surface area contributed by atoms with Gasteiger partial charge in [0.25, 0.3) is 0 Å². The minimum Gasteiger partial charge on any atom is -0.369 e. The van der Waals surface area contributed by atoms with Gasteiger partial charge in [-0.25, -0.2) is 0 Å². The lowest BCUT2D eigenvalue weighted by Crippen LogP contribution is -2.62. The van der Waals surface area contributed by atoms with E-state index in [2.05, 4.69) is 23.7 Å². The molecule has 8 unspecified atom stereocenters. The van der Waals surface area contributed by atoms with Gasteiger partial charge in [-0.3, -0.25) is 4.99 Å². The quantitative estimate of drug-likeness (QED) is 0.678. The molecule has 0 bridgehead atoms. The molecule has 1 saturated heterocycles. The molecule has 3 nitrogen and oxygen atoms in total. The Hall–Kier alpha value is -0.220. The Morgan fingerprint density at radius 3 is 2.85 bits per heavy atom. The van der Waals surface area contributed by atoms with Crippen molar-refractivity contribution in [1.82, 2.24) is 4.90 Å². The van der Waals surface area contributed by atoms with Crippen LogP contribution in [0.2, 0.25) is 0 Å². The molecule has 2 heterocycles. The number of fused-ring (bicyclic) bond motifs is 9. The fraction of sp³-hybridized carbons (Fsp3) is 0.955. The van der Waals surface area contributed by atoms with Crippen LogP contribution < -0.4 is 0 Å². The number of nitrogens with zero attached hydrogens (tertiary/aromatic N) is 2. The van der Waals surface area contributed by atoms with Gasteiger partial charge in [-0.2, -0.15) is 0 Å². The molecule has 4 aliphatic carbocycles. The first-order chi connectivity index (χ1) is 12.5. The van der Waals surface area contributed by atoms with Crippen LogP contribution >= 0.6 is 11.8 Å². The summed E-state index contributed by atoms with van der Waals surface area (Å²) in [5.41, 5.74) is 0.0223. The molecule has 0 aromatic carbocycles. The lowest BCUT2D eigenvalue weighted by Gasteiger charge is -2.61. The number of aliphatic hydroxyl groups is 1. The SMILES string of the molecule is CC12CCCCC1CCC1C2CCC2(C)C1CC1SC3=NCCN3C12O. The number of hydrogen-bond acceptors (Lipinski definition) is 4. The molecule has 6 rings (SSSR count). The maximum absolute atomic E-state index is 12.1. The molecule has 0 aromatic heterocycles. The van der Waals surface area contributed by atoms with Gasteiger partial charge in [0.2, 0.25) is 0 Å². The van der Waals surface area contributed by atoms with E-state index in [9.17, 15) is 5.11 Å². The second-order valence-corrected chi connectivity index (χ2v) is 11.9. The van der Waals surface area contributed by atoms with E-state index in [1.54, 1.807) is 0 Å². The van der Waals surface area contributed by atoms with Crippen molar-refractivity contribution in [3.8, 4) is 0 Å². The lowest BCUT2D eigenvalue weighted by atomic mass is 9.45. The molecule has 1 N–H and O–H groups in total. The number of rotatable bonds is 0. The van der Waals surface area contributed by atoms with E-state index in [-0.39, 0.29) is 5.41 Å². The highest BCUT2D eigenvalue weighted by atomic mass is 32.2. The van der Waals surface area contributed by atoms with Gasteiger partial charge < -0.3 is 10.0 Å². The fourth-order valence-corrected chi connectivity index (χ4v) is 10.5. The van der Waals surface area contributed by atoms with E-state index < -0.39 is 5.72 Å². The zero-order valence-corrected chi connectivity index (χ0v) is 17.2. The zero-order chi connectivity index (χ0) is 17.7. The fourth-order valence-electron chi connectivity index (χ4n) is 8.85. The molecule has 8 atom stereocenters. The van der Waals surface area contributed by atoms with Crippen molar-refractivity contribution >= 4 is 16.9 Å². The normalized spacial score (nSPS) is 57.7. The van der Waals surface area contributed by atoms with E-state index in [0.29, 0.717) is 16.6 Å². The third kappa shape index (κ3) is 1.76. The number of thioether (sulfide) groups is 1. The van der Waals surface area contributed by atoms with Crippen LogP contribution in [0, 0.1) is 34.5 Å². The largest absolute Gasteiger partial charge is 0.369 e. The minimum absolute atomic E-state index is 0.0608. The highest BCUT2D eigenvalue weighted by molar-refractivity contribution is 8.14. The maximum atomic E-state index is 12.1. The molecule has 26 heavy (non-hydrogen) atoms. The second-order valence-electron chi connectivity index (χ2n) is 10.7. The van der Waals surface area contributed by atoms with Crippen LogP contribution in [0.1, 0.15) is 71.6 Å². The lowest BCUT2D eigenvalue weighted by molar-refractivity contribution is -0.188. The van der Waals surface area contributed by atoms with Crippen molar-refractivity contribution in [2.45, 2.75) is 82.6 Å². The van der Waals surface area contributed by atoms with Gasteiger partial charge in [-0.1, -0.05) is 38.5 Å². The first-order valence-electron chi connectivity index (χ1n) is 11.2. The Kier molecular flexibility index (Phi) is 3.36. The summed E-state index contributed by atoms with van der Waals surface area (Å²) in [7, 11) is 0. The van der Waals surface area contributed by atoms with E-state index in [1.807, 2.05) is 11.8 Å². The van der Waals surface area contributed by atoms with Gasteiger partial charge in [0.05, 0.1) is 11.8 Å². The molecule has 0 aromatic rings. The summed E-state index contributed by atoms with van der Waals surface area (Å²) in [5.74, 6) is 3.47. The molecule has 2 aliphatic heterocycles. The van der Waals surface area contributed by atoms with Gasteiger partial charge in [0, 0.05) is 12.0 Å². The summed E-state index contributed by atoms with van der Waals surface area (Å²) < 4.78 is 0. The monoisotopic (exact) mass is 374 g/mol. The number of aliphatic imine (C=N–C) groups is 1. The van der Waals surface area contributed by atoms with Crippen molar-refractivity contribution in [1.29, 1.82) is 0 Å². The van der Waals surface area contributed by atoms with Crippen molar-refractivity contribution in [3.05, 3.63) is 0 Å². The molecule has 4 heteroatoms. The van der Waals surface area contributed by atoms with Crippen LogP contribution in [0.4, 0.5) is 0 Å². The second kappa shape index (κ2) is 5.23. The standard InChI is InChI=1S/C22H34N2OS/c1-20-9-4-3-5-14(20)6-7-15-16(20)8-10-21(2)17(15)13-18-22(21,25)24-12-11-23-19(24)26-18/h14-18,25H,3-13H2,1-2H3. The summed E-state index contributed by atoms with van der Waals surface area (Å²) in [4.78, 5) is 7.00. The summed E-state index contributed by atoms with van der Waals surface area (Å²) in [6.07, 6.45) is 12.5. The summed E-state index contributed by atoms with van der Waals surface area (Å²) >= 11 is 1.90. The summed E-state index contributed by atoms with van der Waals surface area (Å²) in [6.45, 7) is 6.92. The highest BCUT2D eigenvalue weighted by Gasteiger charge is 2.72. The molecule has 0 spiro atoms. The molecule has 4 saturated carbocycles. The van der Waals surface area contributed by atoms with E-state index in [1.165, 1.54) is 57.8 Å². The Balaban J connectivity index is 1.37. The summed E-state index contributed by atoms with van der Waals surface area (Å²) in [5, 5.41) is 13.6. The van der Waals surface area contributed by atoms with Crippen LogP contribution in [0.25, 0.3) is 0 Å². The van der Waals surface area contributed by atoms with Crippen molar-refractivity contribution < 1.29 is 5.11 Å². The Morgan fingerprint density at radius 2 is 1.96 bits per heavy atom. The van der Waals surface area contributed by atoms with Crippen LogP contribution in [-0.2, 0) is 0 Å². The van der Waals surface area contributed by atoms with Gasteiger partial charge in [-0.05, 0) is 74.0 Å². The van der Waals surface area contributed by atoms with Crippen molar-refractivity contribution in [2.75, 3.05) is 13.1 Å². The van der Waals surface area contributed by atoms with Gasteiger partial charge in [0.15, 0.2) is 10.9 Å². The van der Waals surface area contributed by atoms with Gasteiger partial charge >= 0.3 is 0 Å². The smallest absolute Gasteiger partial charge is 0.162 e. The van der Waals surface area contributed by atoms with E-state index in [4.69, 9.17) is 0 Å². The third-order valence-electron chi connectivity index (χ3n) is 10.2. The number of hydrogen-bond donors (Lipinski definition) is 1. The minimum atomic E-state index is -0.632. The average Bonchev–Trinajstić information content (AvgIpc) is 3.25. The Bertz CT molecular complexity index is 667. The maximum Gasteiger partial charge on any atom is 0.162 e. The molecule has 6 aliphatic rings. The molecular weight excluding hydrogens is 340 g/mol. The highest BCUT2D eigenvalue weighted by Crippen LogP contribution is 2.71. The van der Waals surface area contributed by atoms with Crippen molar-refractivity contribution in [3.63, 3.8) is 0 Å². The Morgan fingerprint density at radius 1 is 1.08 bits per heavy atom. The first-order valence-corrected chi connectivity index (χ1v) is 12.1. The van der Waals surface area contributed by atoms with Crippen LogP contribution in [0.15, 0.2) is 4.99 Å². The summed E-state index contributed by atoms with van der Waals surface area (Å²) in [6, 6.07) is 0. The topological polar surface area (TPSA) is 35.8 Å². The molecule has 5 fully saturated rings. The third-order valence-corrected chi connectivity index (χ3v) is 11.6. The van der Waals surface area contributed by atoms with Crippen molar-refractivity contribution in [2.24, 2.45) is 39.5 Å². The predicted molar refractivity (Wildman–Crippen MR) is 107 cm³/mol. The molecular formula is C22H34N2OS. The average molecular weight is 375 g/mol. The molecule has 144 valence electrons. The van der Waals surface area contributed by atoms with E-state index in [0.717, 1.165) is 36.0 Å². The van der Waals surface area contributed by atoms with Gasteiger partial charge in [0.1, 0.15) is 0 Å². The Labute approximate surface area is 162 Å². The molecule has 0 radical (unpaired) electrons. The van der Waals surface area contributed by atoms with Crippen LogP contribution in [-0.4, -0.2) is 39.2 Å². The molecule has 0 amide bonds.